The molecule has 228 valence electrons. The summed E-state index contributed by atoms with van der Waals surface area (Å²) in [4.78, 5) is 75.2. The van der Waals surface area contributed by atoms with Crippen LogP contribution in [0, 0.1) is 0 Å². The summed E-state index contributed by atoms with van der Waals surface area (Å²) in [7, 11) is 3.76. The van der Waals surface area contributed by atoms with E-state index in [1.807, 2.05) is 0 Å². The van der Waals surface area contributed by atoms with Gasteiger partial charge in [0.25, 0.3) is 11.8 Å². The Morgan fingerprint density at radius 2 is 0.956 bits per heavy atom. The van der Waals surface area contributed by atoms with Crippen molar-refractivity contribution in [3.8, 4) is 0 Å². The molecule has 0 aromatic heterocycles. The molecule has 11 heteroatoms. The average Bonchev–Trinajstić information content (AvgIpc) is 3.07. The van der Waals surface area contributed by atoms with Gasteiger partial charge in [-0.25, -0.2) is 14.4 Å². The quantitative estimate of drug-likeness (QED) is 0.144. The Hall–Kier alpha value is -6.10. The first-order chi connectivity index (χ1) is 21.6. The molecule has 4 aromatic rings. The van der Waals surface area contributed by atoms with E-state index < -0.39 is 29.7 Å². The highest BCUT2D eigenvalue weighted by molar-refractivity contribution is 6.10. The predicted molar refractivity (Wildman–Crippen MR) is 164 cm³/mol. The first kappa shape index (κ1) is 31.8. The van der Waals surface area contributed by atoms with E-state index in [9.17, 15) is 28.8 Å². The maximum Gasteiger partial charge on any atom is 0.337 e. The van der Waals surface area contributed by atoms with Crippen LogP contribution in [0.5, 0.6) is 0 Å². The summed E-state index contributed by atoms with van der Waals surface area (Å²) in [5, 5.41) is 5.40. The van der Waals surface area contributed by atoms with Gasteiger partial charge in [0.15, 0.2) is 5.78 Å². The summed E-state index contributed by atoms with van der Waals surface area (Å²) in [6, 6.07) is 22.5. The van der Waals surface area contributed by atoms with Crippen LogP contribution in [0.2, 0.25) is 0 Å². The van der Waals surface area contributed by atoms with Crippen LogP contribution in [-0.2, 0) is 20.6 Å². The minimum Gasteiger partial charge on any atom is -0.465 e. The van der Waals surface area contributed by atoms with Crippen LogP contribution >= 0.6 is 0 Å². The number of ketones is 1. The standard InChI is InChI=1S/C34H28N2O9/c1-43-32(40)21-9-7-20(8-10-21)15-29(37)25-17-26(31(39)35-27-13-11-22(12-14-27)33(41)44-2)19-28(18-25)36-30(38)23-5-4-6-24(16-23)34(42)45-3/h4-14,16-19H,15H2,1-3H3,(H,35,39)(H,36,38). The third-order valence-corrected chi connectivity index (χ3v) is 6.62. The lowest BCUT2D eigenvalue weighted by Crippen LogP contribution is -2.17. The lowest BCUT2D eigenvalue weighted by molar-refractivity contribution is 0.0591. The van der Waals surface area contributed by atoms with Crippen molar-refractivity contribution in [2.45, 2.75) is 6.42 Å². The van der Waals surface area contributed by atoms with E-state index in [4.69, 9.17) is 14.2 Å². The zero-order valence-electron chi connectivity index (χ0n) is 24.5. The van der Waals surface area contributed by atoms with Crippen molar-refractivity contribution in [3.63, 3.8) is 0 Å². The highest BCUT2D eigenvalue weighted by Gasteiger charge is 2.18. The molecule has 0 aliphatic rings. The molecule has 4 rings (SSSR count). The lowest BCUT2D eigenvalue weighted by Gasteiger charge is -2.12. The van der Waals surface area contributed by atoms with Gasteiger partial charge in [-0.1, -0.05) is 18.2 Å². The molecule has 2 N–H and O–H groups in total. The smallest absolute Gasteiger partial charge is 0.337 e. The summed E-state index contributed by atoms with van der Waals surface area (Å²) in [6.07, 6.45) is -0.0594. The number of esters is 3. The number of hydrogen-bond acceptors (Lipinski definition) is 9. The fourth-order valence-corrected chi connectivity index (χ4v) is 4.28. The highest BCUT2D eigenvalue weighted by Crippen LogP contribution is 2.21. The zero-order valence-corrected chi connectivity index (χ0v) is 24.5. The topological polar surface area (TPSA) is 154 Å². The van der Waals surface area contributed by atoms with Gasteiger partial charge >= 0.3 is 17.9 Å². The van der Waals surface area contributed by atoms with Crippen molar-refractivity contribution in [2.75, 3.05) is 32.0 Å². The maximum absolute atomic E-state index is 13.4. The predicted octanol–water partition coefficient (Wildman–Crippen LogP) is 4.98. The molecule has 0 fully saturated rings. The van der Waals surface area contributed by atoms with Crippen LogP contribution < -0.4 is 10.6 Å². The van der Waals surface area contributed by atoms with Crippen LogP contribution in [0.3, 0.4) is 0 Å². The number of benzene rings is 4. The molecule has 0 aliphatic carbocycles. The van der Waals surface area contributed by atoms with Gasteiger partial charge in [0, 0.05) is 34.5 Å². The van der Waals surface area contributed by atoms with E-state index in [1.54, 1.807) is 12.1 Å². The average molecular weight is 609 g/mol. The van der Waals surface area contributed by atoms with Crippen LogP contribution in [0.25, 0.3) is 0 Å². The summed E-state index contributed by atoms with van der Waals surface area (Å²) in [5.41, 5.74) is 2.29. The van der Waals surface area contributed by atoms with Crippen LogP contribution in [0.4, 0.5) is 11.4 Å². The van der Waals surface area contributed by atoms with Gasteiger partial charge in [-0.15, -0.1) is 0 Å². The molecule has 0 unspecified atom stereocenters. The summed E-state index contributed by atoms with van der Waals surface area (Å²) >= 11 is 0. The highest BCUT2D eigenvalue weighted by atomic mass is 16.5. The molecule has 0 saturated carbocycles. The van der Waals surface area contributed by atoms with Crippen molar-refractivity contribution in [1.82, 2.24) is 0 Å². The molecule has 0 radical (unpaired) electrons. The van der Waals surface area contributed by atoms with Gasteiger partial charge < -0.3 is 24.8 Å². The number of anilines is 2. The summed E-state index contributed by atoms with van der Waals surface area (Å²) in [5.74, 6) is -3.19. The van der Waals surface area contributed by atoms with E-state index in [2.05, 4.69) is 10.6 Å². The molecule has 0 atom stereocenters. The number of carbonyl (C=O) groups excluding carboxylic acids is 6. The van der Waals surface area contributed by atoms with Gasteiger partial charge in [0.2, 0.25) is 0 Å². The maximum atomic E-state index is 13.4. The third kappa shape index (κ3) is 8.05. The van der Waals surface area contributed by atoms with E-state index in [0.717, 1.165) is 0 Å². The number of Topliss-reactive ketones (excluding diaryl/α,β-unsaturated/α-hetero) is 1. The molecule has 0 spiro atoms. The molecule has 2 amide bonds. The number of ether oxygens (including phenoxy) is 3. The Kier molecular flexibility index (Phi) is 10.2. The van der Waals surface area contributed by atoms with Crippen LogP contribution in [0.1, 0.15) is 67.7 Å². The van der Waals surface area contributed by atoms with Crippen molar-refractivity contribution < 1.29 is 43.0 Å². The van der Waals surface area contributed by atoms with Gasteiger partial charge in [-0.3, -0.25) is 14.4 Å². The molecular weight excluding hydrogens is 580 g/mol. The Bertz CT molecular complexity index is 1690. The fraction of sp³-hybridized carbons (Fsp3) is 0.118. The third-order valence-electron chi connectivity index (χ3n) is 6.62. The number of hydrogen-bond donors (Lipinski definition) is 2. The number of methoxy groups -OCH3 is 3. The largest absolute Gasteiger partial charge is 0.465 e. The van der Waals surface area contributed by atoms with E-state index in [-0.39, 0.29) is 40.1 Å². The van der Waals surface area contributed by atoms with Crippen molar-refractivity contribution in [1.29, 1.82) is 0 Å². The number of carbonyl (C=O) groups is 6. The summed E-state index contributed by atoms with van der Waals surface area (Å²) in [6.45, 7) is 0. The second kappa shape index (κ2) is 14.4. The molecule has 0 aliphatic heterocycles. The Labute approximate surface area is 258 Å². The summed E-state index contributed by atoms with van der Waals surface area (Å²) < 4.78 is 14.1. The Morgan fingerprint density at radius 1 is 0.489 bits per heavy atom. The SMILES string of the molecule is COC(=O)c1ccc(CC(=O)c2cc(NC(=O)c3cccc(C(=O)OC)c3)cc(C(=O)Nc3ccc(C(=O)OC)cc3)c2)cc1. The number of amides is 2. The normalized spacial score (nSPS) is 10.3. The second-order valence-corrected chi connectivity index (χ2v) is 9.64. The fourth-order valence-electron chi connectivity index (χ4n) is 4.28. The molecule has 0 heterocycles. The zero-order chi connectivity index (χ0) is 32.5. The molecular formula is C34H28N2O9. The van der Waals surface area contributed by atoms with Crippen LogP contribution in [-0.4, -0.2) is 56.8 Å². The molecule has 4 aromatic carbocycles. The Morgan fingerprint density at radius 3 is 1.56 bits per heavy atom. The minimum absolute atomic E-state index is 0.0594. The van der Waals surface area contributed by atoms with Gasteiger partial charge in [0.1, 0.15) is 0 Å². The van der Waals surface area contributed by atoms with Gasteiger partial charge in [0.05, 0.1) is 38.0 Å². The van der Waals surface area contributed by atoms with E-state index in [1.165, 1.54) is 100 Å². The van der Waals surface area contributed by atoms with E-state index >= 15 is 0 Å². The van der Waals surface area contributed by atoms with Crippen molar-refractivity contribution in [2.24, 2.45) is 0 Å². The van der Waals surface area contributed by atoms with E-state index in [0.29, 0.717) is 22.4 Å². The van der Waals surface area contributed by atoms with Gasteiger partial charge in [-0.05, 0) is 78.4 Å². The van der Waals surface area contributed by atoms with Crippen molar-refractivity contribution >= 4 is 46.9 Å². The lowest BCUT2D eigenvalue weighted by atomic mass is 9.99. The number of rotatable bonds is 10. The first-order valence-electron chi connectivity index (χ1n) is 13.5. The second-order valence-electron chi connectivity index (χ2n) is 9.64. The molecule has 45 heavy (non-hydrogen) atoms. The Balaban J connectivity index is 1.63. The molecule has 11 nitrogen and oxygen atoms in total. The molecule has 0 saturated heterocycles. The minimum atomic E-state index is -0.615. The van der Waals surface area contributed by atoms with Gasteiger partial charge in [-0.2, -0.15) is 0 Å². The molecule has 0 bridgehead atoms. The monoisotopic (exact) mass is 608 g/mol. The first-order valence-corrected chi connectivity index (χ1v) is 13.5. The van der Waals surface area contributed by atoms with Crippen molar-refractivity contribution in [3.05, 3.63) is 130 Å². The van der Waals surface area contributed by atoms with Crippen LogP contribution in [0.15, 0.2) is 91.0 Å². The number of nitrogens with one attached hydrogen (secondary N) is 2.